The summed E-state index contributed by atoms with van der Waals surface area (Å²) in [5.41, 5.74) is 0. The summed E-state index contributed by atoms with van der Waals surface area (Å²) in [6.07, 6.45) is 8.97. The Labute approximate surface area is 181 Å². The van der Waals surface area contributed by atoms with E-state index in [0.717, 1.165) is 82.7 Å². The zero-order valence-corrected chi connectivity index (χ0v) is 19.3. The molecule has 2 rings (SSSR count). The van der Waals surface area contributed by atoms with Gasteiger partial charge in [0.2, 0.25) is 0 Å². The Kier molecular flexibility index (Phi) is 13.5. The van der Waals surface area contributed by atoms with E-state index in [1.165, 1.54) is 25.7 Å². The van der Waals surface area contributed by atoms with Crippen LogP contribution in [0.5, 0.6) is 0 Å². The Morgan fingerprint density at radius 2 is 1.96 bits per heavy atom. The number of nitrogens with one attached hydrogen (secondary N) is 2. The van der Waals surface area contributed by atoms with E-state index in [2.05, 4.69) is 44.2 Å². The molecular weight excluding hydrogens is 455 g/mol. The summed E-state index contributed by atoms with van der Waals surface area (Å²) in [4.78, 5) is 4.62. The first-order valence-electron chi connectivity index (χ1n) is 10.4. The van der Waals surface area contributed by atoms with Gasteiger partial charge in [0.15, 0.2) is 5.96 Å². The number of ether oxygens (including phenoxy) is 1. The van der Waals surface area contributed by atoms with Gasteiger partial charge in [0.1, 0.15) is 11.6 Å². The van der Waals surface area contributed by atoms with Crippen molar-refractivity contribution in [2.45, 2.75) is 71.8 Å². The van der Waals surface area contributed by atoms with Crippen molar-refractivity contribution in [1.29, 1.82) is 0 Å². The number of aromatic nitrogens is 3. The molecule has 2 heterocycles. The van der Waals surface area contributed by atoms with E-state index in [1.54, 1.807) is 0 Å². The lowest BCUT2D eigenvalue weighted by atomic mass is 10.2. The van der Waals surface area contributed by atoms with Crippen molar-refractivity contribution in [3.8, 4) is 0 Å². The number of halogens is 1. The molecule has 8 heteroatoms. The van der Waals surface area contributed by atoms with Crippen LogP contribution in [0.4, 0.5) is 0 Å². The van der Waals surface area contributed by atoms with Crippen molar-refractivity contribution in [3.63, 3.8) is 0 Å². The van der Waals surface area contributed by atoms with Gasteiger partial charge in [-0.3, -0.25) is 4.99 Å². The molecule has 1 aromatic heterocycles. The quantitative estimate of drug-likeness (QED) is 0.215. The zero-order valence-electron chi connectivity index (χ0n) is 17.0. The van der Waals surface area contributed by atoms with Gasteiger partial charge < -0.3 is 19.9 Å². The van der Waals surface area contributed by atoms with Crippen LogP contribution >= 0.6 is 24.0 Å². The fourth-order valence-electron chi connectivity index (χ4n) is 3.07. The van der Waals surface area contributed by atoms with Crippen LogP contribution in [0.1, 0.15) is 64.0 Å². The molecular formula is C19H37IN6O. The Morgan fingerprint density at radius 3 is 2.78 bits per heavy atom. The molecule has 0 unspecified atom stereocenters. The molecule has 1 aliphatic rings. The van der Waals surface area contributed by atoms with E-state index in [-0.39, 0.29) is 24.0 Å². The summed E-state index contributed by atoms with van der Waals surface area (Å²) in [5.74, 6) is 3.12. The molecule has 0 radical (unpaired) electrons. The van der Waals surface area contributed by atoms with Gasteiger partial charge in [-0.05, 0) is 32.6 Å². The highest BCUT2D eigenvalue weighted by atomic mass is 127. The van der Waals surface area contributed by atoms with Gasteiger partial charge in [0, 0.05) is 52.2 Å². The van der Waals surface area contributed by atoms with Crippen molar-refractivity contribution in [3.05, 3.63) is 11.6 Å². The molecule has 1 aromatic rings. The van der Waals surface area contributed by atoms with E-state index >= 15 is 0 Å². The molecule has 0 bridgehead atoms. The molecule has 2 N–H and O–H groups in total. The van der Waals surface area contributed by atoms with Gasteiger partial charge in [0.25, 0.3) is 0 Å². The number of aliphatic imine (C=N–C) groups is 1. The summed E-state index contributed by atoms with van der Waals surface area (Å²) in [7, 11) is 0. The topological polar surface area (TPSA) is 76.4 Å². The maximum absolute atomic E-state index is 5.58. The minimum absolute atomic E-state index is 0. The summed E-state index contributed by atoms with van der Waals surface area (Å²) in [6, 6.07) is 0. The Balaban J connectivity index is 0.00000364. The van der Waals surface area contributed by atoms with Gasteiger partial charge in [-0.2, -0.15) is 0 Å². The zero-order chi connectivity index (χ0) is 18.5. The van der Waals surface area contributed by atoms with Crippen LogP contribution in [0.2, 0.25) is 0 Å². The number of hydrogen-bond donors (Lipinski definition) is 2. The molecule has 0 amide bonds. The molecule has 0 atom stereocenters. The van der Waals surface area contributed by atoms with Gasteiger partial charge in [-0.25, -0.2) is 0 Å². The average Bonchev–Trinajstić information content (AvgIpc) is 2.87. The predicted molar refractivity (Wildman–Crippen MR) is 121 cm³/mol. The van der Waals surface area contributed by atoms with Gasteiger partial charge >= 0.3 is 0 Å². The first-order valence-corrected chi connectivity index (χ1v) is 10.4. The third-order valence-corrected chi connectivity index (χ3v) is 4.53. The highest BCUT2D eigenvalue weighted by Gasteiger charge is 2.14. The lowest BCUT2D eigenvalue weighted by Gasteiger charge is -2.12. The normalized spacial score (nSPS) is 14.2. The summed E-state index contributed by atoms with van der Waals surface area (Å²) >= 11 is 0. The fraction of sp³-hybridized carbons (Fsp3) is 0.842. The molecule has 1 aliphatic heterocycles. The van der Waals surface area contributed by atoms with E-state index in [9.17, 15) is 0 Å². The average molecular weight is 492 g/mol. The molecule has 0 aromatic carbocycles. The minimum Gasteiger partial charge on any atom is -0.381 e. The molecule has 7 nitrogen and oxygen atoms in total. The van der Waals surface area contributed by atoms with Crippen molar-refractivity contribution in [2.24, 2.45) is 4.99 Å². The van der Waals surface area contributed by atoms with Crippen molar-refractivity contribution in [2.75, 3.05) is 32.8 Å². The van der Waals surface area contributed by atoms with Crippen molar-refractivity contribution < 1.29 is 4.74 Å². The molecule has 0 aliphatic carbocycles. The lowest BCUT2D eigenvalue weighted by Crippen LogP contribution is -2.38. The van der Waals surface area contributed by atoms with Crippen molar-refractivity contribution in [1.82, 2.24) is 25.4 Å². The SMILES string of the molecule is CCCCOCCCN=C(NCC)NCCc1nnc2n1CCCCC2.I. The molecule has 156 valence electrons. The van der Waals surface area contributed by atoms with E-state index < -0.39 is 0 Å². The van der Waals surface area contributed by atoms with Gasteiger partial charge in [-0.15, -0.1) is 34.2 Å². The maximum atomic E-state index is 5.58. The monoisotopic (exact) mass is 492 g/mol. The first-order chi connectivity index (χ1) is 12.8. The first kappa shape index (κ1) is 24.1. The number of aryl methyl sites for hydroxylation is 1. The number of rotatable bonds is 11. The summed E-state index contributed by atoms with van der Waals surface area (Å²) in [6.45, 7) is 9.43. The number of unbranched alkanes of at least 4 members (excludes halogenated alkanes) is 1. The Morgan fingerprint density at radius 1 is 1.11 bits per heavy atom. The van der Waals surface area contributed by atoms with Crippen LogP contribution in [0, 0.1) is 0 Å². The van der Waals surface area contributed by atoms with Gasteiger partial charge in [0.05, 0.1) is 0 Å². The smallest absolute Gasteiger partial charge is 0.191 e. The molecule has 0 spiro atoms. The minimum atomic E-state index is 0. The molecule has 0 saturated heterocycles. The lowest BCUT2D eigenvalue weighted by molar-refractivity contribution is 0.130. The van der Waals surface area contributed by atoms with Crippen LogP contribution in [0.3, 0.4) is 0 Å². The second-order valence-electron chi connectivity index (χ2n) is 6.75. The number of fused-ring (bicyclic) bond motifs is 1. The van der Waals surface area contributed by atoms with Crippen LogP contribution in [-0.4, -0.2) is 53.6 Å². The molecule has 27 heavy (non-hydrogen) atoms. The number of hydrogen-bond acceptors (Lipinski definition) is 4. The highest BCUT2D eigenvalue weighted by Crippen LogP contribution is 2.14. The molecule has 0 saturated carbocycles. The van der Waals surface area contributed by atoms with Gasteiger partial charge in [-0.1, -0.05) is 19.8 Å². The fourth-order valence-corrected chi connectivity index (χ4v) is 3.07. The van der Waals surface area contributed by atoms with Crippen LogP contribution in [-0.2, 0) is 24.1 Å². The molecule has 0 fully saturated rings. The third kappa shape index (κ3) is 9.23. The highest BCUT2D eigenvalue weighted by molar-refractivity contribution is 14.0. The van der Waals surface area contributed by atoms with E-state index in [1.807, 2.05) is 0 Å². The van der Waals surface area contributed by atoms with Crippen molar-refractivity contribution >= 4 is 29.9 Å². The standard InChI is InChI=1S/C19H36N6O.HI/c1-3-5-15-26-16-9-12-21-19(20-4-2)22-13-11-18-24-23-17-10-7-6-8-14-25(17)18;/h3-16H2,1-2H3,(H2,20,21,22);1H. The third-order valence-electron chi connectivity index (χ3n) is 4.53. The van der Waals surface area contributed by atoms with Crippen LogP contribution < -0.4 is 10.6 Å². The number of nitrogens with zero attached hydrogens (tertiary/aromatic N) is 4. The Hall–Kier alpha value is -0.900. The summed E-state index contributed by atoms with van der Waals surface area (Å²) < 4.78 is 7.89. The number of guanidine groups is 1. The largest absolute Gasteiger partial charge is 0.381 e. The Bertz CT molecular complexity index is 534. The van der Waals surface area contributed by atoms with E-state index in [0.29, 0.717) is 0 Å². The van der Waals surface area contributed by atoms with Crippen LogP contribution in [0.15, 0.2) is 4.99 Å². The predicted octanol–water partition coefficient (Wildman–Crippen LogP) is 2.93. The van der Waals surface area contributed by atoms with Crippen LogP contribution in [0.25, 0.3) is 0 Å². The summed E-state index contributed by atoms with van der Waals surface area (Å²) in [5, 5.41) is 15.5. The second-order valence-corrected chi connectivity index (χ2v) is 6.75. The van der Waals surface area contributed by atoms with E-state index in [4.69, 9.17) is 4.74 Å². The second kappa shape index (κ2) is 15.1. The maximum Gasteiger partial charge on any atom is 0.191 e.